The minimum Gasteiger partial charge on any atom is -0.484 e. The van der Waals surface area contributed by atoms with Crippen LogP contribution in [0.15, 0.2) is 60.7 Å². The molecule has 2 atom stereocenters. The maximum absolute atomic E-state index is 14.2. The van der Waals surface area contributed by atoms with Gasteiger partial charge in [-0.3, -0.25) is 9.69 Å². The van der Waals surface area contributed by atoms with E-state index in [-0.39, 0.29) is 36.4 Å². The maximum Gasteiger partial charge on any atom is 0.419 e. The number of rotatable bonds is 7. The first-order valence-electron chi connectivity index (χ1n) is 13.2. The Balaban J connectivity index is 1.50. The largest absolute Gasteiger partial charge is 0.484 e. The summed E-state index contributed by atoms with van der Waals surface area (Å²) in [6.45, 7) is 7.09. The molecule has 1 amide bonds. The number of hydrogen-bond acceptors (Lipinski definition) is 3. The van der Waals surface area contributed by atoms with Gasteiger partial charge in [-0.1, -0.05) is 68.2 Å². The number of halogens is 6. The molecule has 41 heavy (non-hydrogen) atoms. The van der Waals surface area contributed by atoms with E-state index >= 15 is 0 Å². The highest BCUT2D eigenvalue weighted by Crippen LogP contribution is 2.36. The molecule has 1 heterocycles. The minimum absolute atomic E-state index is 0.00332. The van der Waals surface area contributed by atoms with Crippen LogP contribution < -0.4 is 4.74 Å². The van der Waals surface area contributed by atoms with Crippen LogP contribution in [-0.2, 0) is 22.9 Å². The number of alkyl halides is 3. The van der Waals surface area contributed by atoms with E-state index in [0.717, 1.165) is 23.3 Å². The number of amides is 1. The molecule has 0 bridgehead atoms. The van der Waals surface area contributed by atoms with E-state index in [1.807, 2.05) is 35.2 Å². The zero-order chi connectivity index (χ0) is 30.1. The third kappa shape index (κ3) is 7.53. The smallest absolute Gasteiger partial charge is 0.419 e. The first kappa shape index (κ1) is 31.1. The normalized spacial score (nSPS) is 17.8. The Morgan fingerprint density at radius 2 is 1.66 bits per heavy atom. The number of nitrogens with zero attached hydrogens (tertiary/aromatic N) is 2. The Morgan fingerprint density at radius 1 is 0.976 bits per heavy atom. The van der Waals surface area contributed by atoms with Crippen molar-refractivity contribution in [3.8, 4) is 5.75 Å². The van der Waals surface area contributed by atoms with Crippen molar-refractivity contribution in [2.75, 3.05) is 26.7 Å². The molecule has 0 saturated carbocycles. The van der Waals surface area contributed by atoms with Crippen molar-refractivity contribution in [2.24, 2.45) is 0 Å². The molecule has 0 unspecified atom stereocenters. The molecule has 0 radical (unpaired) electrons. The first-order valence-corrected chi connectivity index (χ1v) is 13.9. The van der Waals surface area contributed by atoms with Gasteiger partial charge in [-0.05, 0) is 65.6 Å². The summed E-state index contributed by atoms with van der Waals surface area (Å²) >= 11 is 12.4. The Hall–Kier alpha value is -2.81. The fraction of sp³-hybridized carbons (Fsp3) is 0.387. The van der Waals surface area contributed by atoms with Gasteiger partial charge in [0.25, 0.3) is 5.91 Å². The topological polar surface area (TPSA) is 32.8 Å². The highest BCUT2D eigenvalue weighted by molar-refractivity contribution is 6.42. The molecule has 4 nitrogen and oxygen atoms in total. The molecule has 1 saturated heterocycles. The van der Waals surface area contributed by atoms with E-state index in [1.165, 1.54) is 6.07 Å². The van der Waals surface area contributed by atoms with Gasteiger partial charge in [0.15, 0.2) is 6.61 Å². The van der Waals surface area contributed by atoms with Crippen LogP contribution >= 0.6 is 23.2 Å². The van der Waals surface area contributed by atoms with Gasteiger partial charge in [-0.25, -0.2) is 4.39 Å². The quantitative estimate of drug-likeness (QED) is 0.254. The van der Waals surface area contributed by atoms with Crippen LogP contribution in [0.2, 0.25) is 10.0 Å². The van der Waals surface area contributed by atoms with Crippen LogP contribution in [-0.4, -0.2) is 48.5 Å². The molecular formula is C31H32Cl2F4N2O2. The lowest BCUT2D eigenvalue weighted by molar-refractivity contribution is -0.140. The summed E-state index contributed by atoms with van der Waals surface area (Å²) in [5.74, 6) is -1.11. The third-order valence-electron chi connectivity index (χ3n) is 7.43. The van der Waals surface area contributed by atoms with Gasteiger partial charge in [-0.2, -0.15) is 13.2 Å². The first-order chi connectivity index (χ1) is 19.1. The van der Waals surface area contributed by atoms with E-state index in [9.17, 15) is 22.4 Å². The van der Waals surface area contributed by atoms with Crippen LogP contribution in [0.3, 0.4) is 0 Å². The molecule has 0 aliphatic carbocycles. The summed E-state index contributed by atoms with van der Waals surface area (Å²) in [5, 5.41) is 0.777. The zero-order valence-electron chi connectivity index (χ0n) is 23.2. The Labute approximate surface area is 247 Å². The van der Waals surface area contributed by atoms with Gasteiger partial charge < -0.3 is 9.64 Å². The number of benzene rings is 3. The number of likely N-dealkylation sites (tertiary alicyclic amines) is 1. The molecule has 1 aliphatic rings. The second-order valence-corrected chi connectivity index (χ2v) is 12.3. The van der Waals surface area contributed by atoms with Crippen LogP contribution in [0.5, 0.6) is 5.75 Å². The molecule has 1 fully saturated rings. The van der Waals surface area contributed by atoms with Crippen molar-refractivity contribution in [1.29, 1.82) is 0 Å². The lowest BCUT2D eigenvalue weighted by atomic mass is 9.87. The predicted molar refractivity (Wildman–Crippen MR) is 153 cm³/mol. The average Bonchev–Trinajstić information content (AvgIpc) is 3.34. The molecule has 3 aromatic rings. The summed E-state index contributed by atoms with van der Waals surface area (Å²) in [6.07, 6.45) is -4.77. The van der Waals surface area contributed by atoms with Crippen LogP contribution in [0, 0.1) is 5.82 Å². The Bertz CT molecular complexity index is 1390. The summed E-state index contributed by atoms with van der Waals surface area (Å²) in [4.78, 5) is 16.8. The zero-order valence-corrected chi connectivity index (χ0v) is 24.7. The van der Waals surface area contributed by atoms with Crippen LogP contribution in [0.4, 0.5) is 17.6 Å². The fourth-order valence-corrected chi connectivity index (χ4v) is 5.39. The van der Waals surface area contributed by atoms with Gasteiger partial charge >= 0.3 is 6.18 Å². The lowest BCUT2D eigenvalue weighted by Crippen LogP contribution is -2.39. The monoisotopic (exact) mass is 610 g/mol. The second-order valence-electron chi connectivity index (χ2n) is 11.4. The van der Waals surface area contributed by atoms with Gasteiger partial charge in [0.1, 0.15) is 11.6 Å². The molecule has 4 rings (SSSR count). The average molecular weight is 612 g/mol. The third-order valence-corrected chi connectivity index (χ3v) is 8.17. The van der Waals surface area contributed by atoms with Crippen molar-refractivity contribution in [1.82, 2.24) is 9.80 Å². The molecule has 10 heteroatoms. The van der Waals surface area contributed by atoms with Crippen molar-refractivity contribution < 1.29 is 27.1 Å². The van der Waals surface area contributed by atoms with E-state index < -0.39 is 17.6 Å². The number of carbonyl (C=O) groups is 1. The summed E-state index contributed by atoms with van der Waals surface area (Å²) in [5.41, 5.74) is 1.10. The molecular weight excluding hydrogens is 579 g/mol. The SMILES string of the molecule is CN(Cc1ccc(C(F)(F)F)c(F)c1)[C@H]1CN(C(=O)COc2ccc(C(C)(C)C)cc2)C[C@@H]1c1ccc(Cl)c(Cl)c1. The highest BCUT2D eigenvalue weighted by atomic mass is 35.5. The van der Waals surface area contributed by atoms with Crippen molar-refractivity contribution >= 4 is 29.1 Å². The van der Waals surface area contributed by atoms with Crippen LogP contribution in [0.25, 0.3) is 0 Å². The maximum atomic E-state index is 14.2. The van der Waals surface area contributed by atoms with E-state index in [4.69, 9.17) is 27.9 Å². The van der Waals surface area contributed by atoms with Gasteiger partial charge in [0.2, 0.25) is 0 Å². The molecule has 3 aromatic carbocycles. The van der Waals surface area contributed by atoms with Crippen molar-refractivity contribution in [3.05, 3.63) is 98.8 Å². The number of ether oxygens (including phenoxy) is 1. The molecule has 0 spiro atoms. The second kappa shape index (κ2) is 12.2. The van der Waals surface area contributed by atoms with E-state index in [0.29, 0.717) is 34.4 Å². The van der Waals surface area contributed by atoms with Crippen molar-refractivity contribution in [2.45, 2.75) is 50.9 Å². The summed E-state index contributed by atoms with van der Waals surface area (Å²) in [6, 6.07) is 15.6. The summed E-state index contributed by atoms with van der Waals surface area (Å²) in [7, 11) is 1.80. The molecule has 1 aliphatic heterocycles. The van der Waals surface area contributed by atoms with E-state index in [2.05, 4.69) is 20.8 Å². The van der Waals surface area contributed by atoms with Gasteiger partial charge in [0.05, 0.1) is 15.6 Å². The molecule has 0 N–H and O–H groups in total. The van der Waals surface area contributed by atoms with Gasteiger partial charge in [0, 0.05) is 31.6 Å². The molecule has 0 aromatic heterocycles. The predicted octanol–water partition coefficient (Wildman–Crippen LogP) is 7.95. The lowest BCUT2D eigenvalue weighted by Gasteiger charge is -2.29. The van der Waals surface area contributed by atoms with Crippen molar-refractivity contribution in [3.63, 3.8) is 0 Å². The van der Waals surface area contributed by atoms with Crippen LogP contribution in [0.1, 0.15) is 48.9 Å². The fourth-order valence-electron chi connectivity index (χ4n) is 5.09. The number of hydrogen-bond donors (Lipinski definition) is 0. The standard InChI is InChI=1S/C31H32Cl2F4N2O2/c1-30(2,3)21-7-9-22(10-8-21)41-18-29(40)39-16-23(20-6-12-25(32)26(33)14-20)28(17-39)38(4)15-19-5-11-24(27(34)13-19)31(35,36)37/h5-14,23,28H,15-18H2,1-4H3/t23-,28+/m1/s1. The number of carbonyl (C=O) groups excluding carboxylic acids is 1. The highest BCUT2D eigenvalue weighted by Gasteiger charge is 2.39. The van der Waals surface area contributed by atoms with E-state index in [1.54, 1.807) is 24.1 Å². The Kier molecular flexibility index (Phi) is 9.26. The summed E-state index contributed by atoms with van der Waals surface area (Å²) < 4.78 is 59.1. The Morgan fingerprint density at radius 3 is 2.24 bits per heavy atom. The number of likely N-dealkylation sites (N-methyl/N-ethyl adjacent to an activating group) is 1. The minimum atomic E-state index is -4.77. The van der Waals surface area contributed by atoms with Gasteiger partial charge in [-0.15, -0.1) is 0 Å². The molecule has 220 valence electrons.